The van der Waals surface area contributed by atoms with Crippen molar-refractivity contribution in [1.82, 2.24) is 0 Å². The van der Waals surface area contributed by atoms with Gasteiger partial charge in [-0.2, -0.15) is 0 Å². The van der Waals surface area contributed by atoms with Gasteiger partial charge >= 0.3 is 5.97 Å². The van der Waals surface area contributed by atoms with E-state index in [4.69, 9.17) is 9.47 Å². The smallest absolute Gasteiger partial charge is 0.304 e. The predicted octanol–water partition coefficient (Wildman–Crippen LogP) is 1.73. The van der Waals surface area contributed by atoms with E-state index in [2.05, 4.69) is 0 Å². The largest absolute Gasteiger partial charge is 0.436 e. The molecule has 3 atom stereocenters. The van der Waals surface area contributed by atoms with Crippen molar-refractivity contribution in [1.29, 1.82) is 0 Å². The zero-order chi connectivity index (χ0) is 13.8. The Hall–Kier alpha value is -1.95. The molecule has 6 nitrogen and oxygen atoms in total. The molecule has 1 aliphatic rings. The summed E-state index contributed by atoms with van der Waals surface area (Å²) in [6, 6.07) is 8.40. The van der Waals surface area contributed by atoms with Crippen molar-refractivity contribution >= 4 is 5.97 Å². The quantitative estimate of drug-likeness (QED) is 0.472. The van der Waals surface area contributed by atoms with Gasteiger partial charge in [0.05, 0.1) is 5.92 Å². The molecular formula is C13H15NO5. The summed E-state index contributed by atoms with van der Waals surface area (Å²) in [6.07, 6.45) is -0.409. The number of rotatable bonds is 3. The molecule has 102 valence electrons. The number of hydrogen-bond donors (Lipinski definition) is 0. The van der Waals surface area contributed by atoms with Crippen LogP contribution in [0.25, 0.3) is 0 Å². The minimum absolute atomic E-state index is 0.0511. The van der Waals surface area contributed by atoms with E-state index in [1.54, 1.807) is 0 Å². The van der Waals surface area contributed by atoms with Gasteiger partial charge in [0.15, 0.2) is 0 Å². The zero-order valence-electron chi connectivity index (χ0n) is 10.5. The van der Waals surface area contributed by atoms with Crippen molar-refractivity contribution in [2.24, 2.45) is 0 Å². The second kappa shape index (κ2) is 5.79. The summed E-state index contributed by atoms with van der Waals surface area (Å²) in [5.74, 6) is -0.759. The van der Waals surface area contributed by atoms with Gasteiger partial charge in [0, 0.05) is 18.3 Å². The Bertz CT molecular complexity index is 461. The lowest BCUT2D eigenvalue weighted by atomic mass is 9.87. The molecule has 0 bridgehead atoms. The van der Waals surface area contributed by atoms with Crippen LogP contribution >= 0.6 is 0 Å². The van der Waals surface area contributed by atoms with Gasteiger partial charge in [0.25, 0.3) is 0 Å². The molecule has 1 heterocycles. The van der Waals surface area contributed by atoms with E-state index in [0.29, 0.717) is 6.42 Å². The molecule has 1 fully saturated rings. The highest BCUT2D eigenvalue weighted by Gasteiger charge is 2.40. The maximum Gasteiger partial charge on any atom is 0.304 e. The highest BCUT2D eigenvalue weighted by atomic mass is 16.7. The van der Waals surface area contributed by atoms with E-state index in [1.807, 2.05) is 30.3 Å². The van der Waals surface area contributed by atoms with E-state index in [0.717, 1.165) is 5.56 Å². The normalized spacial score (nSPS) is 26.7. The van der Waals surface area contributed by atoms with Gasteiger partial charge in [-0.25, -0.2) is 0 Å². The average Bonchev–Trinajstić information content (AvgIpc) is 2.38. The van der Waals surface area contributed by atoms with Crippen LogP contribution < -0.4 is 0 Å². The van der Waals surface area contributed by atoms with Gasteiger partial charge in [-0.15, -0.1) is 0 Å². The summed E-state index contributed by atoms with van der Waals surface area (Å²) >= 11 is 0. The van der Waals surface area contributed by atoms with Crippen LogP contribution in [0.3, 0.4) is 0 Å². The van der Waals surface area contributed by atoms with Gasteiger partial charge in [-0.3, -0.25) is 14.9 Å². The minimum atomic E-state index is -0.811. The van der Waals surface area contributed by atoms with Crippen LogP contribution in [-0.2, 0) is 14.3 Å². The molecule has 6 heteroatoms. The fourth-order valence-corrected chi connectivity index (χ4v) is 2.29. The van der Waals surface area contributed by atoms with Crippen molar-refractivity contribution in [3.05, 3.63) is 46.0 Å². The Kier molecular flexibility index (Phi) is 4.11. The predicted molar refractivity (Wildman–Crippen MR) is 66.1 cm³/mol. The van der Waals surface area contributed by atoms with E-state index in [1.165, 1.54) is 6.92 Å². The van der Waals surface area contributed by atoms with Crippen LogP contribution in [-0.4, -0.2) is 29.8 Å². The summed E-state index contributed by atoms with van der Waals surface area (Å²) in [7, 11) is 0. The Balaban J connectivity index is 2.18. The molecule has 0 radical (unpaired) electrons. The van der Waals surface area contributed by atoms with Crippen molar-refractivity contribution in [3.8, 4) is 0 Å². The molecule has 0 spiro atoms. The molecule has 2 rings (SSSR count). The molecule has 19 heavy (non-hydrogen) atoms. The number of nitrogens with zero attached hydrogens (tertiary/aromatic N) is 1. The van der Waals surface area contributed by atoms with Crippen LogP contribution in [0.15, 0.2) is 30.3 Å². The highest BCUT2D eigenvalue weighted by Crippen LogP contribution is 2.32. The lowest BCUT2D eigenvalue weighted by Crippen LogP contribution is -2.42. The molecule has 0 amide bonds. The number of esters is 1. The second-order valence-corrected chi connectivity index (χ2v) is 4.48. The van der Waals surface area contributed by atoms with Crippen molar-refractivity contribution in [2.45, 2.75) is 31.6 Å². The van der Waals surface area contributed by atoms with Crippen molar-refractivity contribution in [3.63, 3.8) is 0 Å². The standard InChI is InChI=1S/C13H15NO5/c1-9(15)19-13-7-11(10-5-3-2-4-6-10)12(8-18-13)14(16)17/h2-6,11-13H,7-8H2,1H3/t11-,12+,13?/m0/s1. The van der Waals surface area contributed by atoms with Crippen molar-refractivity contribution < 1.29 is 19.2 Å². The third-order valence-corrected chi connectivity index (χ3v) is 3.16. The van der Waals surface area contributed by atoms with Gasteiger partial charge in [-0.1, -0.05) is 30.3 Å². The van der Waals surface area contributed by atoms with Crippen molar-refractivity contribution in [2.75, 3.05) is 6.61 Å². The number of hydrogen-bond acceptors (Lipinski definition) is 5. The summed E-state index contributed by atoms with van der Waals surface area (Å²) in [5.41, 5.74) is 0.865. The first-order valence-electron chi connectivity index (χ1n) is 6.05. The number of benzene rings is 1. The summed E-state index contributed by atoms with van der Waals surface area (Å²) < 4.78 is 10.2. The monoisotopic (exact) mass is 265 g/mol. The number of nitro groups is 1. The maximum absolute atomic E-state index is 11.1. The van der Waals surface area contributed by atoms with Crippen LogP contribution in [0.5, 0.6) is 0 Å². The molecule has 1 unspecified atom stereocenters. The van der Waals surface area contributed by atoms with Gasteiger partial charge < -0.3 is 9.47 Å². The fraction of sp³-hybridized carbons (Fsp3) is 0.462. The fourth-order valence-electron chi connectivity index (χ4n) is 2.29. The Labute approximate surface area is 110 Å². The lowest BCUT2D eigenvalue weighted by Gasteiger charge is -2.31. The number of carbonyl (C=O) groups excluding carboxylic acids is 1. The molecule has 1 aromatic rings. The summed E-state index contributed by atoms with van der Waals surface area (Å²) in [5, 5.41) is 11.1. The first kappa shape index (κ1) is 13.5. The summed E-state index contributed by atoms with van der Waals surface area (Å²) in [6.45, 7) is 1.24. The molecule has 0 aliphatic carbocycles. The topological polar surface area (TPSA) is 78.7 Å². The molecule has 1 saturated heterocycles. The van der Waals surface area contributed by atoms with Crippen LogP contribution in [0, 0.1) is 10.1 Å². The Morgan fingerprint density at radius 3 is 2.68 bits per heavy atom. The molecule has 1 aliphatic heterocycles. The third-order valence-electron chi connectivity index (χ3n) is 3.16. The highest BCUT2D eigenvalue weighted by molar-refractivity contribution is 5.66. The van der Waals surface area contributed by atoms with E-state index in [9.17, 15) is 14.9 Å². The van der Waals surface area contributed by atoms with E-state index in [-0.39, 0.29) is 17.4 Å². The average molecular weight is 265 g/mol. The van der Waals surface area contributed by atoms with E-state index >= 15 is 0 Å². The van der Waals surface area contributed by atoms with Gasteiger partial charge in [-0.05, 0) is 5.56 Å². The summed E-state index contributed by atoms with van der Waals surface area (Å²) in [4.78, 5) is 21.7. The van der Waals surface area contributed by atoms with Gasteiger partial charge in [0.2, 0.25) is 12.3 Å². The molecular weight excluding hydrogens is 250 g/mol. The van der Waals surface area contributed by atoms with Gasteiger partial charge in [0.1, 0.15) is 6.61 Å². The first-order chi connectivity index (χ1) is 9.08. The van der Waals surface area contributed by atoms with Crippen LogP contribution in [0.1, 0.15) is 24.8 Å². The van der Waals surface area contributed by atoms with E-state index < -0.39 is 18.3 Å². The number of ether oxygens (including phenoxy) is 2. The molecule has 0 saturated carbocycles. The molecule has 0 N–H and O–H groups in total. The zero-order valence-corrected chi connectivity index (χ0v) is 10.5. The SMILES string of the molecule is CC(=O)OC1C[C@@H](c2ccccc2)[C@H]([N+](=O)[O-])CO1. The van der Waals surface area contributed by atoms with Crippen LogP contribution in [0.4, 0.5) is 0 Å². The second-order valence-electron chi connectivity index (χ2n) is 4.48. The molecule has 1 aromatic carbocycles. The lowest BCUT2D eigenvalue weighted by molar-refractivity contribution is -0.538. The van der Waals surface area contributed by atoms with Crippen LogP contribution in [0.2, 0.25) is 0 Å². The maximum atomic E-state index is 11.1. The first-order valence-corrected chi connectivity index (χ1v) is 6.05. The Morgan fingerprint density at radius 1 is 1.42 bits per heavy atom. The number of carbonyl (C=O) groups is 1. The minimum Gasteiger partial charge on any atom is -0.436 e. The molecule has 0 aromatic heterocycles. The third kappa shape index (κ3) is 3.29. The Morgan fingerprint density at radius 2 is 2.11 bits per heavy atom.